The van der Waals surface area contributed by atoms with Crippen molar-refractivity contribution in [2.24, 2.45) is 0 Å². The van der Waals surface area contributed by atoms with Gasteiger partial charge in [-0.1, -0.05) is 0 Å². The van der Waals surface area contributed by atoms with Gasteiger partial charge in [0.25, 0.3) is 0 Å². The molecule has 0 aliphatic carbocycles. The average Bonchev–Trinajstić information content (AvgIpc) is 2.87. The van der Waals surface area contributed by atoms with Crippen LogP contribution in [0.25, 0.3) is 11.0 Å². The first kappa shape index (κ1) is 25.7. The van der Waals surface area contributed by atoms with Gasteiger partial charge in [0, 0.05) is 19.1 Å². The van der Waals surface area contributed by atoms with Crippen molar-refractivity contribution in [3.63, 3.8) is 0 Å². The number of rotatable bonds is 5. The van der Waals surface area contributed by atoms with Crippen LogP contribution < -0.4 is 15.0 Å². The minimum atomic E-state index is -3.29. The van der Waals surface area contributed by atoms with Gasteiger partial charge in [0.2, 0.25) is 5.82 Å². The summed E-state index contributed by atoms with van der Waals surface area (Å²) >= 11 is 0. The molecule has 202 valence electrons. The lowest BCUT2D eigenvalue weighted by molar-refractivity contribution is -0.0525. The Morgan fingerprint density at radius 3 is 2.50 bits per heavy atom. The minimum absolute atomic E-state index is 0.0208. The second-order valence-corrected chi connectivity index (χ2v) is 10.2. The topological polar surface area (TPSA) is 92.7 Å². The number of alkyl halides is 2. The number of piperazine rings is 1. The number of carbonyl (C=O) groups is 1. The van der Waals surface area contributed by atoms with E-state index >= 15 is 0 Å². The molecule has 0 radical (unpaired) electrons. The number of hydrogen-bond acceptors (Lipinski definition) is 8. The third kappa shape index (κ3) is 5.09. The molecular formula is C25H26F4N6O3. The van der Waals surface area contributed by atoms with Crippen LogP contribution in [0.5, 0.6) is 5.75 Å². The number of halogens is 4. The molecule has 1 amide bonds. The molecule has 6 rings (SSSR count). The van der Waals surface area contributed by atoms with Gasteiger partial charge in [-0.05, 0) is 57.9 Å². The number of pyridine rings is 1. The van der Waals surface area contributed by atoms with Gasteiger partial charge in [-0.3, -0.25) is 0 Å². The van der Waals surface area contributed by atoms with E-state index in [9.17, 15) is 22.4 Å². The predicted octanol–water partition coefficient (Wildman–Crippen LogP) is 5.24. The molecule has 3 aliphatic rings. The Morgan fingerprint density at radius 2 is 1.82 bits per heavy atom. The van der Waals surface area contributed by atoms with E-state index in [4.69, 9.17) is 9.72 Å². The Hall–Kier alpha value is -3.90. The lowest BCUT2D eigenvalue weighted by Crippen LogP contribution is -2.64. The summed E-state index contributed by atoms with van der Waals surface area (Å²) < 4.78 is 63.3. The average molecular weight is 535 g/mol. The number of nitrogens with zero attached hydrogens (tertiary/aromatic N) is 5. The van der Waals surface area contributed by atoms with Gasteiger partial charge in [0.1, 0.15) is 23.3 Å². The first-order valence-electron chi connectivity index (χ1n) is 12.1. The fraction of sp³-hybridized carbons (Fsp3) is 0.440. The zero-order chi connectivity index (χ0) is 27.2. The van der Waals surface area contributed by atoms with Crippen LogP contribution in [0.15, 0.2) is 30.6 Å². The molecule has 3 aromatic rings. The van der Waals surface area contributed by atoms with E-state index in [2.05, 4.69) is 24.9 Å². The molecule has 13 heteroatoms. The summed E-state index contributed by atoms with van der Waals surface area (Å²) in [5.74, 6) is -3.13. The van der Waals surface area contributed by atoms with Crippen molar-refractivity contribution >= 4 is 34.4 Å². The van der Waals surface area contributed by atoms with Crippen LogP contribution in [0.3, 0.4) is 0 Å². The number of anilines is 3. The summed E-state index contributed by atoms with van der Waals surface area (Å²) in [7, 11) is 0. The van der Waals surface area contributed by atoms with E-state index in [0.29, 0.717) is 29.9 Å². The lowest BCUT2D eigenvalue weighted by atomic mass is 9.91. The van der Waals surface area contributed by atoms with Crippen molar-refractivity contribution in [3.8, 4) is 5.75 Å². The summed E-state index contributed by atoms with van der Waals surface area (Å²) in [6, 6.07) is 5.51. The van der Waals surface area contributed by atoms with Crippen molar-refractivity contribution in [2.45, 2.75) is 57.9 Å². The molecule has 2 bridgehead atoms. The number of carbonyl (C=O) groups excluding carboxylic acids is 1. The number of amides is 1. The first-order chi connectivity index (χ1) is 18.0. The number of benzene rings is 1. The Labute approximate surface area is 215 Å². The number of aromatic nitrogens is 3. The SMILES string of the molecule is CC(C)(C)OC(=O)N1C[C@@H]2CC[C@H]1CN2c1ccc2ncnc(Nc3ccc(OC(F)F)c(F)c3F)c2n1. The Balaban J connectivity index is 1.40. The number of fused-ring (bicyclic) bond motifs is 4. The highest BCUT2D eigenvalue weighted by atomic mass is 19.3. The second-order valence-electron chi connectivity index (χ2n) is 10.2. The van der Waals surface area contributed by atoms with Gasteiger partial charge >= 0.3 is 12.7 Å². The first-order valence-corrected chi connectivity index (χ1v) is 12.1. The van der Waals surface area contributed by atoms with Gasteiger partial charge in [0.05, 0.1) is 17.2 Å². The van der Waals surface area contributed by atoms with Crippen molar-refractivity contribution < 1.29 is 31.8 Å². The lowest BCUT2D eigenvalue weighted by Gasteiger charge is -2.51. The van der Waals surface area contributed by atoms with Crippen LogP contribution in [0.4, 0.5) is 39.7 Å². The molecule has 9 nitrogen and oxygen atoms in total. The Bertz CT molecular complexity index is 1370. The van der Waals surface area contributed by atoms with Gasteiger partial charge in [-0.15, -0.1) is 0 Å². The standard InChI is InChI=1S/C25H26F4N6O3/c1-25(2,3)38-24(36)35-11-13-4-5-14(35)10-34(13)18-9-7-16-21(33-18)22(31-12-30-16)32-15-6-8-17(37-23(28)29)20(27)19(15)26/h6-9,12-14,23H,4-5,10-11H2,1-3H3,(H,30,31,32)/t13-,14-/m0/s1. The summed E-state index contributed by atoms with van der Waals surface area (Å²) in [5, 5.41) is 2.68. The molecular weight excluding hydrogens is 508 g/mol. The maximum absolute atomic E-state index is 14.6. The molecule has 0 saturated carbocycles. The zero-order valence-corrected chi connectivity index (χ0v) is 20.9. The zero-order valence-electron chi connectivity index (χ0n) is 20.9. The highest BCUT2D eigenvalue weighted by Gasteiger charge is 2.43. The van der Waals surface area contributed by atoms with E-state index in [-0.39, 0.29) is 29.7 Å². The summed E-state index contributed by atoms with van der Waals surface area (Å²) in [6.07, 6.45) is 2.63. The molecule has 0 unspecified atom stereocenters. The van der Waals surface area contributed by atoms with E-state index in [1.54, 1.807) is 11.0 Å². The van der Waals surface area contributed by atoms with Crippen LogP contribution in [0.1, 0.15) is 33.6 Å². The molecule has 0 spiro atoms. The molecule has 3 fully saturated rings. The molecule has 2 aromatic heterocycles. The maximum Gasteiger partial charge on any atom is 0.410 e. The molecule has 1 aromatic carbocycles. The third-order valence-electron chi connectivity index (χ3n) is 6.44. The fourth-order valence-corrected chi connectivity index (χ4v) is 4.78. The molecule has 1 N–H and O–H groups in total. The van der Waals surface area contributed by atoms with Gasteiger partial charge in [0.15, 0.2) is 17.4 Å². The maximum atomic E-state index is 14.6. The van der Waals surface area contributed by atoms with Gasteiger partial charge < -0.3 is 24.6 Å². The monoisotopic (exact) mass is 534 g/mol. The normalized spacial score (nSPS) is 19.3. The van der Waals surface area contributed by atoms with E-state index in [1.807, 2.05) is 26.8 Å². The van der Waals surface area contributed by atoms with E-state index in [1.165, 1.54) is 6.33 Å². The van der Waals surface area contributed by atoms with Crippen molar-refractivity contribution in [1.82, 2.24) is 19.9 Å². The Morgan fingerprint density at radius 1 is 1.05 bits per heavy atom. The second kappa shape index (κ2) is 9.76. The van der Waals surface area contributed by atoms with Crippen molar-refractivity contribution in [2.75, 3.05) is 23.3 Å². The van der Waals surface area contributed by atoms with E-state index < -0.39 is 29.6 Å². The van der Waals surface area contributed by atoms with Crippen LogP contribution in [0.2, 0.25) is 0 Å². The fourth-order valence-electron chi connectivity index (χ4n) is 4.78. The largest absolute Gasteiger partial charge is 0.444 e. The molecule has 3 aliphatic heterocycles. The summed E-state index contributed by atoms with van der Waals surface area (Å²) in [4.78, 5) is 29.6. The third-order valence-corrected chi connectivity index (χ3v) is 6.44. The number of ether oxygens (including phenoxy) is 2. The number of piperidine rings is 2. The number of nitrogens with one attached hydrogen (secondary N) is 1. The quantitative estimate of drug-likeness (QED) is 0.445. The van der Waals surface area contributed by atoms with Crippen LogP contribution in [-0.4, -0.2) is 63.3 Å². The van der Waals surface area contributed by atoms with Gasteiger partial charge in [-0.2, -0.15) is 13.2 Å². The van der Waals surface area contributed by atoms with E-state index in [0.717, 1.165) is 25.0 Å². The summed E-state index contributed by atoms with van der Waals surface area (Å²) in [5.41, 5.74) is -0.151. The molecule has 38 heavy (non-hydrogen) atoms. The predicted molar refractivity (Wildman–Crippen MR) is 131 cm³/mol. The molecule has 5 heterocycles. The van der Waals surface area contributed by atoms with Crippen molar-refractivity contribution in [3.05, 3.63) is 42.2 Å². The summed E-state index contributed by atoms with van der Waals surface area (Å²) in [6.45, 7) is 3.25. The highest BCUT2D eigenvalue weighted by molar-refractivity contribution is 5.88. The van der Waals surface area contributed by atoms with Crippen LogP contribution in [0, 0.1) is 11.6 Å². The van der Waals surface area contributed by atoms with Crippen LogP contribution >= 0.6 is 0 Å². The van der Waals surface area contributed by atoms with Crippen molar-refractivity contribution in [1.29, 1.82) is 0 Å². The van der Waals surface area contributed by atoms with Gasteiger partial charge in [-0.25, -0.2) is 24.1 Å². The van der Waals surface area contributed by atoms with Crippen LogP contribution in [-0.2, 0) is 4.74 Å². The number of hydrogen-bond donors (Lipinski definition) is 1. The molecule has 3 saturated heterocycles. The highest BCUT2D eigenvalue weighted by Crippen LogP contribution is 2.35. The minimum Gasteiger partial charge on any atom is -0.444 e. The smallest absolute Gasteiger partial charge is 0.410 e. The Kier molecular flexibility index (Phi) is 6.61. The molecule has 2 atom stereocenters.